The van der Waals surface area contributed by atoms with Gasteiger partial charge in [-0.15, -0.1) is 11.3 Å². The molecular formula is C16H16O4S2. The first-order valence-corrected chi connectivity index (χ1v) is 9.07. The minimum absolute atomic E-state index is 0.116. The fourth-order valence-electron chi connectivity index (χ4n) is 1.87. The van der Waals surface area contributed by atoms with E-state index in [4.69, 9.17) is 4.74 Å². The maximum atomic E-state index is 12.5. The van der Waals surface area contributed by atoms with Crippen molar-refractivity contribution in [3.63, 3.8) is 0 Å². The lowest BCUT2D eigenvalue weighted by atomic mass is 10.2. The van der Waals surface area contributed by atoms with Gasteiger partial charge >= 0.3 is 5.97 Å². The van der Waals surface area contributed by atoms with E-state index in [9.17, 15) is 13.2 Å². The van der Waals surface area contributed by atoms with Gasteiger partial charge in [-0.3, -0.25) is 0 Å². The van der Waals surface area contributed by atoms with Gasteiger partial charge in [0.2, 0.25) is 0 Å². The Morgan fingerprint density at radius 2 is 1.91 bits per heavy atom. The van der Waals surface area contributed by atoms with Gasteiger partial charge in [0.25, 0.3) is 0 Å². The molecule has 1 heterocycles. The first-order chi connectivity index (χ1) is 10.4. The van der Waals surface area contributed by atoms with Crippen LogP contribution in [0, 0.1) is 6.92 Å². The third-order valence-corrected chi connectivity index (χ3v) is 5.53. The molecule has 0 amide bonds. The molecule has 6 heteroatoms. The molecule has 0 radical (unpaired) electrons. The summed E-state index contributed by atoms with van der Waals surface area (Å²) in [6.07, 6.45) is 1.56. The Morgan fingerprint density at radius 1 is 1.23 bits per heavy atom. The molecule has 0 saturated heterocycles. The number of carbonyl (C=O) groups is 1. The van der Waals surface area contributed by atoms with Gasteiger partial charge in [-0.05, 0) is 36.6 Å². The fraction of sp³-hybridized carbons (Fsp3) is 0.188. The number of benzene rings is 1. The van der Waals surface area contributed by atoms with Crippen LogP contribution in [0.25, 0.3) is 6.08 Å². The molecule has 0 atom stereocenters. The van der Waals surface area contributed by atoms with Crippen LogP contribution in [-0.2, 0) is 19.4 Å². The molecule has 0 fully saturated rings. The average Bonchev–Trinajstić information content (AvgIpc) is 2.99. The van der Waals surface area contributed by atoms with E-state index in [1.807, 2.05) is 24.4 Å². The van der Waals surface area contributed by atoms with Crippen molar-refractivity contribution in [2.24, 2.45) is 0 Å². The Hall–Kier alpha value is -1.92. The number of hydrogen-bond acceptors (Lipinski definition) is 5. The molecule has 0 bridgehead atoms. The second kappa shape index (κ2) is 6.89. The number of sulfone groups is 1. The Labute approximate surface area is 134 Å². The van der Waals surface area contributed by atoms with Crippen molar-refractivity contribution in [2.45, 2.75) is 11.8 Å². The maximum Gasteiger partial charge on any atom is 0.334 e. The second-order valence-electron chi connectivity index (χ2n) is 4.75. The van der Waals surface area contributed by atoms with Gasteiger partial charge in [0.05, 0.1) is 23.3 Å². The van der Waals surface area contributed by atoms with Crippen LogP contribution < -0.4 is 0 Å². The summed E-state index contributed by atoms with van der Waals surface area (Å²) in [5.41, 5.74) is 1.09. The van der Waals surface area contributed by atoms with Gasteiger partial charge in [-0.1, -0.05) is 23.8 Å². The number of aryl methyl sites for hydroxylation is 1. The Balaban J connectivity index is 2.34. The van der Waals surface area contributed by atoms with Crippen molar-refractivity contribution >= 4 is 33.2 Å². The quantitative estimate of drug-likeness (QED) is 0.622. The van der Waals surface area contributed by atoms with E-state index in [0.29, 0.717) is 0 Å². The van der Waals surface area contributed by atoms with Crippen LogP contribution in [0.3, 0.4) is 0 Å². The van der Waals surface area contributed by atoms with Crippen LogP contribution in [0.5, 0.6) is 0 Å². The highest BCUT2D eigenvalue weighted by Gasteiger charge is 2.21. The number of esters is 1. The van der Waals surface area contributed by atoms with Crippen molar-refractivity contribution in [2.75, 3.05) is 12.9 Å². The number of methoxy groups -OCH3 is 1. The molecule has 22 heavy (non-hydrogen) atoms. The van der Waals surface area contributed by atoms with Gasteiger partial charge in [0, 0.05) is 4.88 Å². The zero-order valence-electron chi connectivity index (χ0n) is 12.3. The van der Waals surface area contributed by atoms with Gasteiger partial charge in [-0.2, -0.15) is 0 Å². The normalized spacial score (nSPS) is 12.2. The number of thiophene rings is 1. The topological polar surface area (TPSA) is 60.4 Å². The predicted octanol–water partition coefficient (Wildman–Crippen LogP) is 3.09. The summed E-state index contributed by atoms with van der Waals surface area (Å²) in [6, 6.07) is 10.2. The summed E-state index contributed by atoms with van der Waals surface area (Å²) in [7, 11) is -2.36. The second-order valence-corrected chi connectivity index (χ2v) is 7.72. The number of carbonyl (C=O) groups excluding carboxylic acids is 1. The molecule has 2 aromatic rings. The molecule has 0 spiro atoms. The lowest BCUT2D eigenvalue weighted by Gasteiger charge is -2.07. The van der Waals surface area contributed by atoms with Gasteiger partial charge < -0.3 is 4.74 Å². The van der Waals surface area contributed by atoms with E-state index in [0.717, 1.165) is 10.4 Å². The zero-order chi connectivity index (χ0) is 16.2. The highest BCUT2D eigenvalue weighted by atomic mass is 32.2. The molecule has 0 aliphatic rings. The third-order valence-electron chi connectivity index (χ3n) is 3.03. The van der Waals surface area contributed by atoms with Crippen molar-refractivity contribution in [1.82, 2.24) is 0 Å². The summed E-state index contributed by atoms with van der Waals surface area (Å²) in [5, 5.41) is 1.86. The summed E-state index contributed by atoms with van der Waals surface area (Å²) in [5.74, 6) is -1.02. The van der Waals surface area contributed by atoms with Gasteiger partial charge in [0.15, 0.2) is 9.84 Å². The molecule has 4 nitrogen and oxygen atoms in total. The smallest absolute Gasteiger partial charge is 0.334 e. The van der Waals surface area contributed by atoms with E-state index in [1.165, 1.54) is 18.4 Å². The lowest BCUT2D eigenvalue weighted by molar-refractivity contribution is -0.135. The number of ether oxygens (including phenoxy) is 1. The SMILES string of the molecule is COC(=O)/C(=C\c1cccs1)CS(=O)(=O)c1ccc(C)cc1. The van der Waals surface area contributed by atoms with Crippen LogP contribution in [-0.4, -0.2) is 27.2 Å². The van der Waals surface area contributed by atoms with E-state index >= 15 is 0 Å². The van der Waals surface area contributed by atoms with E-state index in [2.05, 4.69) is 0 Å². The van der Waals surface area contributed by atoms with Crippen LogP contribution in [0.15, 0.2) is 52.2 Å². The van der Waals surface area contributed by atoms with Crippen LogP contribution in [0.4, 0.5) is 0 Å². The fourth-order valence-corrected chi connectivity index (χ4v) is 3.88. The molecule has 2 rings (SSSR count). The molecule has 0 aliphatic heterocycles. The van der Waals surface area contributed by atoms with Gasteiger partial charge in [-0.25, -0.2) is 13.2 Å². The predicted molar refractivity (Wildman–Crippen MR) is 87.5 cm³/mol. The molecular weight excluding hydrogens is 320 g/mol. The Bertz CT molecular complexity index is 770. The van der Waals surface area contributed by atoms with Crippen molar-refractivity contribution in [1.29, 1.82) is 0 Å². The first-order valence-electron chi connectivity index (χ1n) is 6.54. The largest absolute Gasteiger partial charge is 0.466 e. The summed E-state index contributed by atoms with van der Waals surface area (Å²) in [6.45, 7) is 1.88. The molecule has 116 valence electrons. The molecule has 0 aliphatic carbocycles. The van der Waals surface area contributed by atoms with E-state index < -0.39 is 15.8 Å². The van der Waals surface area contributed by atoms with Gasteiger partial charge in [0.1, 0.15) is 0 Å². The molecule has 0 unspecified atom stereocenters. The Kier molecular flexibility index (Phi) is 5.15. The lowest BCUT2D eigenvalue weighted by Crippen LogP contribution is -2.16. The first kappa shape index (κ1) is 16.5. The van der Waals surface area contributed by atoms with Crippen molar-refractivity contribution in [3.05, 3.63) is 57.8 Å². The highest BCUT2D eigenvalue weighted by molar-refractivity contribution is 7.91. The highest BCUT2D eigenvalue weighted by Crippen LogP contribution is 2.19. The zero-order valence-corrected chi connectivity index (χ0v) is 13.9. The monoisotopic (exact) mass is 336 g/mol. The molecule has 1 aromatic carbocycles. The third kappa shape index (κ3) is 4.05. The van der Waals surface area contributed by atoms with Crippen LogP contribution in [0.1, 0.15) is 10.4 Å². The number of rotatable bonds is 5. The summed E-state index contributed by atoms with van der Waals surface area (Å²) >= 11 is 1.42. The number of hydrogen-bond donors (Lipinski definition) is 0. The standard InChI is InChI=1S/C16H16O4S2/c1-12-5-7-15(8-6-12)22(18,19)11-13(16(17)20-2)10-14-4-3-9-21-14/h3-10H,11H2,1-2H3/b13-10-. The van der Waals surface area contributed by atoms with E-state index in [1.54, 1.807) is 30.3 Å². The minimum Gasteiger partial charge on any atom is -0.466 e. The minimum atomic E-state index is -3.60. The summed E-state index contributed by atoms with van der Waals surface area (Å²) < 4.78 is 29.6. The molecule has 1 aromatic heterocycles. The van der Waals surface area contributed by atoms with Crippen LogP contribution in [0.2, 0.25) is 0 Å². The Morgan fingerprint density at radius 3 is 2.45 bits per heavy atom. The average molecular weight is 336 g/mol. The molecule has 0 N–H and O–H groups in total. The van der Waals surface area contributed by atoms with Crippen molar-refractivity contribution < 1.29 is 17.9 Å². The maximum absolute atomic E-state index is 12.5. The van der Waals surface area contributed by atoms with E-state index in [-0.39, 0.29) is 16.2 Å². The van der Waals surface area contributed by atoms with Crippen LogP contribution >= 0.6 is 11.3 Å². The summed E-state index contributed by atoms with van der Waals surface area (Å²) in [4.78, 5) is 12.8. The van der Waals surface area contributed by atoms with Crippen molar-refractivity contribution in [3.8, 4) is 0 Å². The molecule has 0 saturated carbocycles.